The number of carbonyl (C=O) groups excluding carboxylic acids is 1. The Morgan fingerprint density at radius 2 is 2.14 bits per heavy atom. The molecule has 21 heavy (non-hydrogen) atoms. The zero-order valence-electron chi connectivity index (χ0n) is 11.0. The average Bonchev–Trinajstić information content (AvgIpc) is 2.44. The van der Waals surface area contributed by atoms with Crippen LogP contribution in [0.15, 0.2) is 30.5 Å². The number of pyridine rings is 1. The van der Waals surface area contributed by atoms with Crippen LogP contribution in [0.2, 0.25) is 10.2 Å². The second kappa shape index (κ2) is 6.74. The Labute approximate surface area is 130 Å². The predicted octanol–water partition coefficient (Wildman–Crippen LogP) is 4.18. The molecule has 1 aromatic carbocycles. The molecule has 1 N–H and O–H groups in total. The first kappa shape index (κ1) is 15.5. The number of hydrogen-bond donors (Lipinski definition) is 1. The fourth-order valence-electron chi connectivity index (χ4n) is 1.64. The summed E-state index contributed by atoms with van der Waals surface area (Å²) in [6.07, 6.45) is 1.28. The Morgan fingerprint density at radius 1 is 1.38 bits per heavy atom. The summed E-state index contributed by atoms with van der Waals surface area (Å²) >= 11 is 11.6. The van der Waals surface area contributed by atoms with Crippen molar-refractivity contribution in [3.05, 3.63) is 52.0 Å². The SMILES string of the molecule is CCOc1ccc(NC(=O)c2cc(Cl)ncc2Cl)cc1F. The molecule has 0 fully saturated rings. The number of nitrogens with one attached hydrogen (secondary N) is 1. The lowest BCUT2D eigenvalue weighted by molar-refractivity contribution is 0.102. The molecule has 2 rings (SSSR count). The van der Waals surface area contributed by atoms with E-state index in [0.29, 0.717) is 6.61 Å². The van der Waals surface area contributed by atoms with Crippen molar-refractivity contribution in [2.24, 2.45) is 0 Å². The van der Waals surface area contributed by atoms with Gasteiger partial charge in [-0.05, 0) is 25.1 Å². The van der Waals surface area contributed by atoms with E-state index in [4.69, 9.17) is 27.9 Å². The van der Waals surface area contributed by atoms with Crippen LogP contribution in [0.25, 0.3) is 0 Å². The van der Waals surface area contributed by atoms with Crippen molar-refractivity contribution in [1.29, 1.82) is 0 Å². The maximum atomic E-state index is 13.7. The molecule has 0 aliphatic heterocycles. The van der Waals surface area contributed by atoms with Gasteiger partial charge in [-0.25, -0.2) is 9.37 Å². The first-order chi connectivity index (χ1) is 10.0. The number of ether oxygens (including phenoxy) is 1. The number of carbonyl (C=O) groups is 1. The molecule has 7 heteroatoms. The Hall–Kier alpha value is -1.85. The van der Waals surface area contributed by atoms with E-state index in [0.717, 1.165) is 0 Å². The standard InChI is InChI=1S/C14H11Cl2FN2O2/c1-2-21-12-4-3-8(5-11(12)17)19-14(20)9-6-13(16)18-7-10(9)15/h3-7H,2H2,1H3,(H,19,20). The number of nitrogens with zero attached hydrogens (tertiary/aromatic N) is 1. The van der Waals surface area contributed by atoms with E-state index in [1.165, 1.54) is 30.5 Å². The number of aromatic nitrogens is 1. The Balaban J connectivity index is 2.19. The average molecular weight is 329 g/mol. The lowest BCUT2D eigenvalue weighted by atomic mass is 10.2. The summed E-state index contributed by atoms with van der Waals surface area (Å²) in [6.45, 7) is 2.11. The van der Waals surface area contributed by atoms with Crippen molar-refractivity contribution < 1.29 is 13.9 Å². The van der Waals surface area contributed by atoms with Crippen LogP contribution in [0, 0.1) is 5.82 Å². The quantitative estimate of drug-likeness (QED) is 0.856. The van der Waals surface area contributed by atoms with Crippen LogP contribution in [0.1, 0.15) is 17.3 Å². The second-order valence-electron chi connectivity index (χ2n) is 4.02. The first-order valence-electron chi connectivity index (χ1n) is 6.06. The van der Waals surface area contributed by atoms with Gasteiger partial charge in [0.25, 0.3) is 5.91 Å². The van der Waals surface area contributed by atoms with Gasteiger partial charge in [0, 0.05) is 18.0 Å². The van der Waals surface area contributed by atoms with Crippen molar-refractivity contribution >= 4 is 34.8 Å². The number of halogens is 3. The summed E-state index contributed by atoms with van der Waals surface area (Å²) in [7, 11) is 0. The highest BCUT2D eigenvalue weighted by Crippen LogP contribution is 2.23. The van der Waals surface area contributed by atoms with Gasteiger partial charge in [-0.1, -0.05) is 23.2 Å². The van der Waals surface area contributed by atoms with Crippen molar-refractivity contribution in [3.8, 4) is 5.75 Å². The van der Waals surface area contributed by atoms with Crippen molar-refractivity contribution in [3.63, 3.8) is 0 Å². The smallest absolute Gasteiger partial charge is 0.257 e. The van der Waals surface area contributed by atoms with Gasteiger partial charge in [0.1, 0.15) is 5.15 Å². The molecule has 1 amide bonds. The van der Waals surface area contributed by atoms with Gasteiger partial charge in [-0.3, -0.25) is 4.79 Å². The zero-order valence-corrected chi connectivity index (χ0v) is 12.5. The topological polar surface area (TPSA) is 51.2 Å². The number of benzene rings is 1. The molecule has 0 saturated heterocycles. The van der Waals surface area contributed by atoms with Gasteiger partial charge >= 0.3 is 0 Å². The highest BCUT2D eigenvalue weighted by Gasteiger charge is 2.13. The maximum Gasteiger partial charge on any atom is 0.257 e. The van der Waals surface area contributed by atoms with Gasteiger partial charge in [0.05, 0.1) is 17.2 Å². The van der Waals surface area contributed by atoms with Gasteiger partial charge in [-0.15, -0.1) is 0 Å². The molecule has 0 atom stereocenters. The van der Waals surface area contributed by atoms with Crippen LogP contribution < -0.4 is 10.1 Å². The molecule has 0 unspecified atom stereocenters. The molecule has 1 heterocycles. The molecule has 0 aliphatic carbocycles. The Morgan fingerprint density at radius 3 is 2.81 bits per heavy atom. The molecule has 0 saturated carbocycles. The minimum atomic E-state index is -0.562. The second-order valence-corrected chi connectivity index (χ2v) is 4.81. The third-order valence-corrected chi connectivity index (χ3v) is 3.06. The summed E-state index contributed by atoms with van der Waals surface area (Å²) in [5.41, 5.74) is 0.441. The van der Waals surface area contributed by atoms with E-state index in [9.17, 15) is 9.18 Å². The molecule has 110 valence electrons. The van der Waals surface area contributed by atoms with E-state index in [2.05, 4.69) is 10.3 Å². The summed E-state index contributed by atoms with van der Waals surface area (Å²) in [5.74, 6) is -0.943. The van der Waals surface area contributed by atoms with Crippen LogP contribution in [0.3, 0.4) is 0 Å². The van der Waals surface area contributed by atoms with E-state index in [-0.39, 0.29) is 27.2 Å². The third kappa shape index (κ3) is 3.83. The molecular weight excluding hydrogens is 318 g/mol. The lowest BCUT2D eigenvalue weighted by Gasteiger charge is -2.09. The molecule has 0 bridgehead atoms. The van der Waals surface area contributed by atoms with Crippen LogP contribution in [0.4, 0.5) is 10.1 Å². The molecule has 2 aromatic rings. The molecule has 0 radical (unpaired) electrons. The molecular formula is C14H11Cl2FN2O2. The largest absolute Gasteiger partial charge is 0.491 e. The number of rotatable bonds is 4. The Kier molecular flexibility index (Phi) is 4.98. The van der Waals surface area contributed by atoms with E-state index < -0.39 is 11.7 Å². The minimum absolute atomic E-state index is 0.125. The molecule has 4 nitrogen and oxygen atoms in total. The highest BCUT2D eigenvalue weighted by molar-refractivity contribution is 6.35. The van der Waals surface area contributed by atoms with Crippen LogP contribution in [-0.4, -0.2) is 17.5 Å². The summed E-state index contributed by atoms with van der Waals surface area (Å²) in [4.78, 5) is 15.8. The summed E-state index contributed by atoms with van der Waals surface area (Å²) < 4.78 is 18.8. The van der Waals surface area contributed by atoms with E-state index in [1.807, 2.05) is 0 Å². The van der Waals surface area contributed by atoms with Crippen LogP contribution in [0.5, 0.6) is 5.75 Å². The lowest BCUT2D eigenvalue weighted by Crippen LogP contribution is -2.13. The predicted molar refractivity (Wildman–Crippen MR) is 79.8 cm³/mol. The monoisotopic (exact) mass is 328 g/mol. The van der Waals surface area contributed by atoms with Crippen molar-refractivity contribution in [2.75, 3.05) is 11.9 Å². The minimum Gasteiger partial charge on any atom is -0.491 e. The normalized spacial score (nSPS) is 10.3. The zero-order chi connectivity index (χ0) is 15.4. The van der Waals surface area contributed by atoms with Gasteiger partial charge in [-0.2, -0.15) is 0 Å². The van der Waals surface area contributed by atoms with Gasteiger partial charge in [0.15, 0.2) is 11.6 Å². The van der Waals surface area contributed by atoms with Crippen LogP contribution >= 0.6 is 23.2 Å². The Bertz CT molecular complexity index is 680. The molecule has 0 spiro atoms. The van der Waals surface area contributed by atoms with Crippen LogP contribution in [-0.2, 0) is 0 Å². The van der Waals surface area contributed by atoms with Gasteiger partial charge < -0.3 is 10.1 Å². The van der Waals surface area contributed by atoms with Crippen molar-refractivity contribution in [2.45, 2.75) is 6.92 Å². The van der Waals surface area contributed by atoms with Gasteiger partial charge in [0.2, 0.25) is 0 Å². The number of hydrogen-bond acceptors (Lipinski definition) is 3. The van der Waals surface area contributed by atoms with E-state index >= 15 is 0 Å². The van der Waals surface area contributed by atoms with Crippen molar-refractivity contribution in [1.82, 2.24) is 4.98 Å². The fraction of sp³-hybridized carbons (Fsp3) is 0.143. The third-order valence-electron chi connectivity index (χ3n) is 2.56. The summed E-state index contributed by atoms with van der Waals surface area (Å²) in [5, 5.41) is 2.83. The number of anilines is 1. The molecule has 0 aliphatic rings. The summed E-state index contributed by atoms with van der Waals surface area (Å²) in [6, 6.07) is 5.47. The highest BCUT2D eigenvalue weighted by atomic mass is 35.5. The maximum absolute atomic E-state index is 13.7. The fourth-order valence-corrected chi connectivity index (χ4v) is 1.98. The first-order valence-corrected chi connectivity index (χ1v) is 6.81. The van der Waals surface area contributed by atoms with E-state index in [1.54, 1.807) is 6.92 Å². The number of amides is 1. The molecule has 1 aromatic heterocycles.